The molecule has 0 spiro atoms. The van der Waals surface area contributed by atoms with E-state index in [-0.39, 0.29) is 18.0 Å². The van der Waals surface area contributed by atoms with Crippen LogP contribution in [0.2, 0.25) is 0 Å². The number of rotatable bonds is 18. The summed E-state index contributed by atoms with van der Waals surface area (Å²) in [7, 11) is -3.63. The van der Waals surface area contributed by atoms with Crippen molar-refractivity contribution in [1.29, 1.82) is 0 Å². The molecule has 0 aliphatic heterocycles. The molecule has 2 unspecified atom stereocenters. The van der Waals surface area contributed by atoms with Crippen LogP contribution in [0, 0.1) is 11.8 Å². The molecule has 0 saturated heterocycles. The molecule has 0 fully saturated rings. The van der Waals surface area contributed by atoms with E-state index in [1.165, 1.54) is 5.01 Å². The first-order valence-electron chi connectivity index (χ1n) is 15.6. The Bertz CT molecular complexity index is 1360. The van der Waals surface area contributed by atoms with Gasteiger partial charge in [0, 0.05) is 42.9 Å². The van der Waals surface area contributed by atoms with Crippen LogP contribution in [0.25, 0.3) is 0 Å². The molecule has 0 aliphatic carbocycles. The Labute approximate surface area is 264 Å². The number of carbonyl (C=O) groups is 2. The van der Waals surface area contributed by atoms with E-state index in [1.54, 1.807) is 43.9 Å². The Morgan fingerprint density at radius 1 is 0.932 bits per heavy atom. The summed E-state index contributed by atoms with van der Waals surface area (Å²) >= 11 is 0. The molecule has 2 atom stereocenters. The highest BCUT2D eigenvalue weighted by Crippen LogP contribution is 2.16. The number of carbonyl (C=O) groups excluding carboxylic acids is 2. The fourth-order valence-corrected chi connectivity index (χ4v) is 5.44. The van der Waals surface area contributed by atoms with Gasteiger partial charge in [0.05, 0.1) is 17.4 Å². The van der Waals surface area contributed by atoms with Crippen molar-refractivity contribution >= 4 is 21.8 Å². The Morgan fingerprint density at radius 3 is 2.14 bits per heavy atom. The molecular formula is C34H50N4O5S. The SMILES string of the molecule is CC#Cc1cc(C(=O)NC(Cc2ccccc2)C(O)CN(CCCC)NS(=O)(=O)C(C)C)cc(C(=O)N(CCC)CCC)c1. The number of aliphatic hydroxyl groups excluding tert-OH is 1. The molecule has 0 aromatic heterocycles. The lowest BCUT2D eigenvalue weighted by molar-refractivity contribution is 0.0613. The molecule has 2 amide bonds. The zero-order chi connectivity index (χ0) is 32.7. The molecule has 9 nitrogen and oxygen atoms in total. The average Bonchev–Trinajstić information content (AvgIpc) is 2.99. The van der Waals surface area contributed by atoms with Crippen LogP contribution >= 0.6 is 0 Å². The van der Waals surface area contributed by atoms with Gasteiger partial charge in [0.2, 0.25) is 10.0 Å². The highest BCUT2D eigenvalue weighted by molar-refractivity contribution is 7.90. The van der Waals surface area contributed by atoms with Crippen molar-refractivity contribution < 1.29 is 23.1 Å². The molecule has 0 bridgehead atoms. The van der Waals surface area contributed by atoms with Gasteiger partial charge >= 0.3 is 0 Å². The van der Waals surface area contributed by atoms with Gasteiger partial charge in [-0.05, 0) is 70.2 Å². The number of hydrazine groups is 1. The quantitative estimate of drug-likeness (QED) is 0.167. The van der Waals surface area contributed by atoms with Crippen molar-refractivity contribution in [3.63, 3.8) is 0 Å². The number of nitrogens with one attached hydrogen (secondary N) is 2. The summed E-state index contributed by atoms with van der Waals surface area (Å²) in [5, 5.41) is 15.3. The zero-order valence-corrected chi connectivity index (χ0v) is 27.9. The number of sulfonamides is 1. The lowest BCUT2D eigenvalue weighted by atomic mass is 9.99. The van der Waals surface area contributed by atoms with Crippen molar-refractivity contribution in [1.82, 2.24) is 20.1 Å². The van der Waals surface area contributed by atoms with Gasteiger partial charge in [0.25, 0.3) is 11.8 Å². The zero-order valence-electron chi connectivity index (χ0n) is 27.1. The van der Waals surface area contributed by atoms with Crippen LogP contribution in [-0.4, -0.2) is 78.8 Å². The second-order valence-electron chi connectivity index (χ2n) is 11.3. The number of amides is 2. The monoisotopic (exact) mass is 626 g/mol. The third-order valence-electron chi connectivity index (χ3n) is 7.13. The smallest absolute Gasteiger partial charge is 0.253 e. The number of nitrogens with zero attached hydrogens (tertiary/aromatic N) is 2. The van der Waals surface area contributed by atoms with Gasteiger partial charge in [0.1, 0.15) is 0 Å². The van der Waals surface area contributed by atoms with E-state index in [0.717, 1.165) is 31.2 Å². The van der Waals surface area contributed by atoms with Crippen molar-refractivity contribution in [3.05, 3.63) is 70.8 Å². The van der Waals surface area contributed by atoms with E-state index < -0.39 is 33.3 Å². The molecule has 0 aliphatic rings. The maximum absolute atomic E-state index is 13.8. The van der Waals surface area contributed by atoms with E-state index in [0.29, 0.717) is 37.2 Å². The molecule has 2 rings (SSSR count). The predicted octanol–water partition coefficient (Wildman–Crippen LogP) is 4.37. The fraction of sp³-hybridized carbons (Fsp3) is 0.529. The lowest BCUT2D eigenvalue weighted by Gasteiger charge is -2.31. The van der Waals surface area contributed by atoms with Crippen LogP contribution in [0.15, 0.2) is 48.5 Å². The minimum absolute atomic E-state index is 0.0299. The van der Waals surface area contributed by atoms with Crippen LogP contribution in [0.3, 0.4) is 0 Å². The third kappa shape index (κ3) is 11.7. The van der Waals surface area contributed by atoms with E-state index in [4.69, 9.17) is 0 Å². The van der Waals surface area contributed by atoms with E-state index >= 15 is 0 Å². The maximum atomic E-state index is 13.8. The van der Waals surface area contributed by atoms with Crippen LogP contribution in [0.1, 0.15) is 99.1 Å². The summed E-state index contributed by atoms with van der Waals surface area (Å²) in [4.78, 5) is 31.6. The number of hydrogen-bond donors (Lipinski definition) is 3. The Morgan fingerprint density at radius 2 is 1.57 bits per heavy atom. The van der Waals surface area contributed by atoms with E-state index in [1.807, 2.05) is 51.1 Å². The minimum Gasteiger partial charge on any atom is -0.390 e. The molecule has 2 aromatic carbocycles. The van der Waals surface area contributed by atoms with Crippen LogP contribution in [0.5, 0.6) is 0 Å². The number of benzene rings is 2. The summed E-state index contributed by atoms with van der Waals surface area (Å²) < 4.78 is 25.3. The van der Waals surface area contributed by atoms with Crippen molar-refractivity contribution in [2.75, 3.05) is 26.2 Å². The highest BCUT2D eigenvalue weighted by atomic mass is 32.2. The molecular weight excluding hydrogens is 576 g/mol. The lowest BCUT2D eigenvalue weighted by Crippen LogP contribution is -2.54. The summed E-state index contributed by atoms with van der Waals surface area (Å²) in [6.07, 6.45) is 2.39. The van der Waals surface area contributed by atoms with Gasteiger partial charge in [-0.1, -0.05) is 63.4 Å². The second-order valence-corrected chi connectivity index (χ2v) is 13.5. The highest BCUT2D eigenvalue weighted by Gasteiger charge is 2.28. The van der Waals surface area contributed by atoms with E-state index in [2.05, 4.69) is 22.0 Å². The Balaban J connectivity index is 2.43. The summed E-state index contributed by atoms with van der Waals surface area (Å²) in [6.45, 7) is 12.5. The van der Waals surface area contributed by atoms with Gasteiger partial charge < -0.3 is 15.3 Å². The largest absolute Gasteiger partial charge is 0.390 e. The summed E-state index contributed by atoms with van der Waals surface area (Å²) in [6, 6.07) is 13.6. The average molecular weight is 627 g/mol. The molecule has 0 heterocycles. The van der Waals surface area contributed by atoms with Crippen molar-refractivity contribution in [2.45, 2.75) is 91.0 Å². The van der Waals surface area contributed by atoms with Gasteiger partial charge in [-0.25, -0.2) is 13.4 Å². The Kier molecular flexibility index (Phi) is 15.6. The van der Waals surface area contributed by atoms with E-state index in [9.17, 15) is 23.1 Å². The van der Waals surface area contributed by atoms with Gasteiger partial charge in [-0.3, -0.25) is 9.59 Å². The predicted molar refractivity (Wildman–Crippen MR) is 177 cm³/mol. The molecule has 10 heteroatoms. The van der Waals surface area contributed by atoms with Crippen LogP contribution in [-0.2, 0) is 16.4 Å². The maximum Gasteiger partial charge on any atom is 0.253 e. The minimum atomic E-state index is -3.63. The first-order chi connectivity index (χ1) is 20.9. The molecule has 0 radical (unpaired) electrons. The van der Waals surface area contributed by atoms with Crippen LogP contribution in [0.4, 0.5) is 0 Å². The molecule has 3 N–H and O–H groups in total. The standard InChI is InChI=1S/C34H50N4O5S/c1-7-11-20-38(36-44(42,43)26(5)6)25-32(39)31(23-27-16-13-12-14-17-27)35-33(40)29-21-28(15-8-2)22-30(24-29)34(41)37(18-9-3)19-10-4/h12-14,16-17,21-22,24,26,31-32,36,39H,7,9-11,18-20,23,25H2,1-6H3,(H,35,40). The Hall–Kier alpha value is -3.23. The summed E-state index contributed by atoms with van der Waals surface area (Å²) in [5.74, 6) is 5.20. The first kappa shape index (κ1) is 37.0. The third-order valence-corrected chi connectivity index (χ3v) is 8.88. The van der Waals surface area contributed by atoms with Crippen LogP contribution < -0.4 is 10.1 Å². The van der Waals surface area contributed by atoms with Gasteiger partial charge in [-0.2, -0.15) is 0 Å². The molecule has 2 aromatic rings. The molecule has 242 valence electrons. The number of aliphatic hydroxyl groups is 1. The normalized spacial score (nSPS) is 12.8. The molecule has 0 saturated carbocycles. The fourth-order valence-electron chi connectivity index (χ4n) is 4.70. The number of unbranched alkanes of at least 4 members (excludes halogenated alkanes) is 1. The topological polar surface area (TPSA) is 119 Å². The molecule has 44 heavy (non-hydrogen) atoms. The van der Waals surface area contributed by atoms with Crippen molar-refractivity contribution in [3.8, 4) is 11.8 Å². The van der Waals surface area contributed by atoms with Gasteiger partial charge in [0.15, 0.2) is 0 Å². The summed E-state index contributed by atoms with van der Waals surface area (Å²) in [5.41, 5.74) is 2.09. The first-order valence-corrected chi connectivity index (χ1v) is 17.2. The second kappa shape index (κ2) is 18.5. The number of hydrogen-bond acceptors (Lipinski definition) is 6. The van der Waals surface area contributed by atoms with Gasteiger partial charge in [-0.15, -0.1) is 10.8 Å². The van der Waals surface area contributed by atoms with Crippen molar-refractivity contribution in [2.24, 2.45) is 0 Å².